The average Bonchev–Trinajstić information content (AvgIpc) is 3.74. The highest BCUT2D eigenvalue weighted by molar-refractivity contribution is 5.99. The number of pyridine rings is 1. The van der Waals surface area contributed by atoms with Crippen LogP contribution in [0.25, 0.3) is 50.0 Å². The number of nitrogens with one attached hydrogen (secondary N) is 3. The maximum Gasteiger partial charge on any atom is 0.116 e. The number of aromatic nitrogens is 6. The number of nitrogens with zero attached hydrogens (tertiary/aromatic N) is 4. The molecule has 4 heterocycles. The van der Waals surface area contributed by atoms with Gasteiger partial charge in [-0.2, -0.15) is 5.10 Å². The van der Waals surface area contributed by atoms with Crippen LogP contribution < -0.4 is 5.32 Å². The van der Waals surface area contributed by atoms with E-state index in [0.29, 0.717) is 5.92 Å². The van der Waals surface area contributed by atoms with E-state index in [0.717, 1.165) is 67.1 Å². The van der Waals surface area contributed by atoms with Gasteiger partial charge < -0.3 is 14.9 Å². The van der Waals surface area contributed by atoms with E-state index in [9.17, 15) is 0 Å². The van der Waals surface area contributed by atoms with Crippen molar-refractivity contribution in [3.05, 3.63) is 91.4 Å². The molecule has 1 aliphatic carbocycles. The lowest BCUT2D eigenvalue weighted by molar-refractivity contribution is 0.649. The predicted molar refractivity (Wildman–Crippen MR) is 153 cm³/mol. The summed E-state index contributed by atoms with van der Waals surface area (Å²) in [6.45, 7) is 6.30. The van der Waals surface area contributed by atoms with E-state index in [4.69, 9.17) is 0 Å². The summed E-state index contributed by atoms with van der Waals surface area (Å²) < 4.78 is 2.06. The van der Waals surface area contributed by atoms with Crippen molar-refractivity contribution in [2.45, 2.75) is 32.6 Å². The lowest BCUT2D eigenvalue weighted by atomic mass is 10.0. The molecule has 188 valence electrons. The Morgan fingerprint density at radius 3 is 2.74 bits per heavy atom. The SMILES string of the molecule is C=C(Nc1cncc(-c2ccc3[nH]nc(-c4cc5c(-n6cnc(C)c6)cccc5[nH]4)c3c2)c1)C1CCCC1. The molecule has 1 saturated carbocycles. The molecular formula is C31H29N7. The molecule has 3 N–H and O–H groups in total. The van der Waals surface area contributed by atoms with Crippen LogP contribution in [0.4, 0.5) is 5.69 Å². The molecule has 38 heavy (non-hydrogen) atoms. The Hall–Kier alpha value is -4.65. The van der Waals surface area contributed by atoms with Gasteiger partial charge in [-0.15, -0.1) is 0 Å². The van der Waals surface area contributed by atoms with Gasteiger partial charge in [-0.1, -0.05) is 31.6 Å². The molecular weight excluding hydrogens is 470 g/mol. The summed E-state index contributed by atoms with van der Waals surface area (Å²) in [5, 5.41) is 13.6. The third-order valence-corrected chi connectivity index (χ3v) is 7.67. The first-order valence-corrected chi connectivity index (χ1v) is 13.1. The molecule has 7 nitrogen and oxygen atoms in total. The summed E-state index contributed by atoms with van der Waals surface area (Å²) >= 11 is 0. The molecule has 7 heteroatoms. The number of aryl methyl sites for hydroxylation is 1. The first-order valence-electron chi connectivity index (χ1n) is 13.1. The van der Waals surface area contributed by atoms with Crippen LogP contribution in [0.1, 0.15) is 31.4 Å². The van der Waals surface area contributed by atoms with E-state index < -0.39 is 0 Å². The van der Waals surface area contributed by atoms with Gasteiger partial charge in [0.05, 0.1) is 40.8 Å². The topological polar surface area (TPSA) is 87.2 Å². The maximum absolute atomic E-state index is 4.69. The van der Waals surface area contributed by atoms with Crippen LogP contribution in [0.2, 0.25) is 0 Å². The monoisotopic (exact) mass is 499 g/mol. The number of hydrogen-bond donors (Lipinski definition) is 3. The smallest absolute Gasteiger partial charge is 0.116 e. The van der Waals surface area contributed by atoms with Gasteiger partial charge >= 0.3 is 0 Å². The molecule has 0 saturated heterocycles. The second-order valence-corrected chi connectivity index (χ2v) is 10.3. The van der Waals surface area contributed by atoms with Crippen LogP contribution in [-0.2, 0) is 0 Å². The van der Waals surface area contributed by atoms with Gasteiger partial charge in [0.1, 0.15) is 5.69 Å². The van der Waals surface area contributed by atoms with E-state index in [1.54, 1.807) is 0 Å². The van der Waals surface area contributed by atoms with Crippen LogP contribution in [0.15, 0.2) is 85.7 Å². The van der Waals surface area contributed by atoms with E-state index in [2.05, 4.69) is 90.1 Å². The molecule has 0 amide bonds. The number of aromatic amines is 2. The van der Waals surface area contributed by atoms with E-state index >= 15 is 0 Å². The minimum atomic E-state index is 0.554. The number of anilines is 1. The van der Waals surface area contributed by atoms with Crippen molar-refractivity contribution < 1.29 is 0 Å². The third kappa shape index (κ3) is 3.96. The summed E-state index contributed by atoms with van der Waals surface area (Å²) in [5.41, 5.74) is 10.2. The van der Waals surface area contributed by atoms with Crippen molar-refractivity contribution in [3.63, 3.8) is 0 Å². The Labute approximate surface area is 220 Å². The number of imidazole rings is 1. The molecule has 7 rings (SSSR count). The van der Waals surface area contributed by atoms with Crippen molar-refractivity contribution in [3.8, 4) is 28.2 Å². The number of H-pyrrole nitrogens is 2. The van der Waals surface area contributed by atoms with Crippen LogP contribution in [-0.4, -0.2) is 29.7 Å². The van der Waals surface area contributed by atoms with E-state index in [1.807, 2.05) is 31.8 Å². The fourth-order valence-electron chi connectivity index (χ4n) is 5.67. The fourth-order valence-corrected chi connectivity index (χ4v) is 5.67. The van der Waals surface area contributed by atoms with Crippen LogP contribution >= 0.6 is 0 Å². The Morgan fingerprint density at radius 2 is 1.89 bits per heavy atom. The summed E-state index contributed by atoms with van der Waals surface area (Å²) in [5.74, 6) is 0.554. The van der Waals surface area contributed by atoms with Crippen LogP contribution in [0.3, 0.4) is 0 Å². The second-order valence-electron chi connectivity index (χ2n) is 10.3. The molecule has 0 atom stereocenters. The molecule has 1 fully saturated rings. The van der Waals surface area contributed by atoms with Gasteiger partial charge in [-0.05, 0) is 67.6 Å². The van der Waals surface area contributed by atoms with Crippen molar-refractivity contribution >= 4 is 27.5 Å². The minimum absolute atomic E-state index is 0.554. The zero-order valence-electron chi connectivity index (χ0n) is 21.3. The summed E-state index contributed by atoms with van der Waals surface area (Å²) in [6, 6.07) is 17.0. The number of rotatable bonds is 6. The van der Waals surface area contributed by atoms with Gasteiger partial charge in [-0.3, -0.25) is 10.1 Å². The molecule has 2 aromatic carbocycles. The summed E-state index contributed by atoms with van der Waals surface area (Å²) in [7, 11) is 0. The molecule has 1 aliphatic rings. The Kier molecular flexibility index (Phi) is 5.35. The fraction of sp³-hybridized carbons (Fsp3) is 0.194. The zero-order valence-corrected chi connectivity index (χ0v) is 21.3. The highest BCUT2D eigenvalue weighted by Gasteiger charge is 2.18. The third-order valence-electron chi connectivity index (χ3n) is 7.67. The quantitative estimate of drug-likeness (QED) is 0.223. The van der Waals surface area contributed by atoms with Gasteiger partial charge in [0.2, 0.25) is 0 Å². The van der Waals surface area contributed by atoms with Crippen molar-refractivity contribution in [1.29, 1.82) is 0 Å². The standard InChI is InChI=1S/C31H29N7/c1-19-17-38(18-33-19)30-9-5-8-27-25(30)14-29(35-27)31-26-13-22(10-11-28(26)36-37-31)23-12-24(16-32-15-23)34-20(2)21-6-3-4-7-21/h5,8-18,21,34-35H,2-4,6-7H2,1H3,(H,36,37). The normalized spacial score (nSPS) is 14.0. The molecule has 0 radical (unpaired) electrons. The summed E-state index contributed by atoms with van der Waals surface area (Å²) in [6.07, 6.45) is 12.7. The van der Waals surface area contributed by atoms with Gasteiger partial charge in [0.15, 0.2) is 0 Å². The average molecular weight is 500 g/mol. The Bertz CT molecular complexity index is 1800. The van der Waals surface area contributed by atoms with Crippen molar-refractivity contribution in [2.24, 2.45) is 5.92 Å². The molecule has 0 spiro atoms. The number of hydrogen-bond acceptors (Lipinski definition) is 4. The summed E-state index contributed by atoms with van der Waals surface area (Å²) in [4.78, 5) is 12.5. The lowest BCUT2D eigenvalue weighted by Gasteiger charge is -2.16. The van der Waals surface area contributed by atoms with Crippen molar-refractivity contribution in [2.75, 3.05) is 5.32 Å². The lowest BCUT2D eigenvalue weighted by Crippen LogP contribution is -2.07. The Morgan fingerprint density at radius 1 is 1.00 bits per heavy atom. The first-order chi connectivity index (χ1) is 18.6. The van der Waals surface area contributed by atoms with Gasteiger partial charge in [-0.25, -0.2) is 4.98 Å². The van der Waals surface area contributed by atoms with Gasteiger partial charge in [0.25, 0.3) is 0 Å². The molecule has 0 bridgehead atoms. The molecule has 6 aromatic rings. The Balaban J connectivity index is 1.24. The number of fused-ring (bicyclic) bond motifs is 2. The largest absolute Gasteiger partial charge is 0.358 e. The molecule has 4 aromatic heterocycles. The predicted octanol–water partition coefficient (Wildman–Crippen LogP) is 7.38. The number of benzene rings is 2. The van der Waals surface area contributed by atoms with E-state index in [1.165, 1.54) is 25.7 Å². The first kappa shape index (κ1) is 22.5. The minimum Gasteiger partial charge on any atom is -0.358 e. The van der Waals surface area contributed by atoms with E-state index in [-0.39, 0.29) is 0 Å². The highest BCUT2D eigenvalue weighted by atomic mass is 15.1. The highest BCUT2D eigenvalue weighted by Crippen LogP contribution is 2.35. The van der Waals surface area contributed by atoms with Crippen LogP contribution in [0.5, 0.6) is 0 Å². The second kappa shape index (κ2) is 9.03. The van der Waals surface area contributed by atoms with Gasteiger partial charge in [0, 0.05) is 39.9 Å². The molecule has 0 unspecified atom stereocenters. The number of allylic oxidation sites excluding steroid dienone is 1. The van der Waals surface area contributed by atoms with Crippen LogP contribution in [0, 0.1) is 12.8 Å². The zero-order chi connectivity index (χ0) is 25.6. The van der Waals surface area contributed by atoms with Crippen molar-refractivity contribution in [1.82, 2.24) is 29.7 Å². The maximum atomic E-state index is 4.69. The molecule has 0 aliphatic heterocycles.